The van der Waals surface area contributed by atoms with Crippen molar-refractivity contribution < 1.29 is 19.3 Å². The maximum absolute atomic E-state index is 13.9. The molecule has 0 radical (unpaired) electrons. The average molecular weight is 480 g/mol. The molecule has 3 aromatic carbocycles. The van der Waals surface area contributed by atoms with Gasteiger partial charge in [-0.1, -0.05) is 60.7 Å². The first-order valence-electron chi connectivity index (χ1n) is 11.5. The first-order chi connectivity index (χ1) is 17.4. The van der Waals surface area contributed by atoms with Crippen LogP contribution in [0.1, 0.15) is 33.1 Å². The highest BCUT2D eigenvalue weighted by atomic mass is 16.6. The number of carbonyl (C=O) groups excluding carboxylic acids is 3. The third-order valence-electron chi connectivity index (χ3n) is 7.26. The number of nitro groups is 1. The van der Waals surface area contributed by atoms with Gasteiger partial charge in [-0.25, -0.2) is 4.90 Å². The fraction of sp³-hybridized carbons (Fsp3) is 0.185. The summed E-state index contributed by atoms with van der Waals surface area (Å²) in [6.45, 7) is 1.69. The topological polar surface area (TPSA) is 113 Å². The maximum Gasteiger partial charge on any atom is 0.271 e. The van der Waals surface area contributed by atoms with E-state index in [1.165, 1.54) is 18.2 Å². The SMILES string of the molecule is Cc1ccc([N+](=O)[O-])cc1N1C(=O)[C@@H]2[C@H](C1=O)[C@H]1c3ccccc3C=NN1[C@H]2C(=O)c1ccccc1. The van der Waals surface area contributed by atoms with Gasteiger partial charge in [0.15, 0.2) is 5.78 Å². The van der Waals surface area contributed by atoms with Crippen LogP contribution in [0.25, 0.3) is 0 Å². The van der Waals surface area contributed by atoms with Gasteiger partial charge in [-0.2, -0.15) is 5.10 Å². The quantitative estimate of drug-likeness (QED) is 0.244. The van der Waals surface area contributed by atoms with Crippen LogP contribution in [0.4, 0.5) is 11.4 Å². The molecule has 2 fully saturated rings. The second-order valence-corrected chi connectivity index (χ2v) is 9.16. The minimum Gasteiger partial charge on any atom is -0.292 e. The Balaban J connectivity index is 1.51. The molecule has 0 N–H and O–H groups in total. The minimum absolute atomic E-state index is 0.165. The Bertz CT molecular complexity index is 1480. The van der Waals surface area contributed by atoms with Crippen LogP contribution >= 0.6 is 0 Å². The van der Waals surface area contributed by atoms with Crippen LogP contribution in [-0.4, -0.2) is 39.8 Å². The summed E-state index contributed by atoms with van der Waals surface area (Å²) in [5.74, 6) is -3.20. The number of hydrogen-bond acceptors (Lipinski definition) is 7. The molecule has 0 aromatic heterocycles. The molecule has 3 aromatic rings. The molecule has 6 rings (SSSR count). The van der Waals surface area contributed by atoms with Crippen LogP contribution in [0.2, 0.25) is 0 Å². The Morgan fingerprint density at radius 1 is 0.944 bits per heavy atom. The Kier molecular flexibility index (Phi) is 4.82. The van der Waals surface area contributed by atoms with E-state index in [-0.39, 0.29) is 17.2 Å². The molecule has 9 nitrogen and oxygen atoms in total. The molecule has 2 saturated heterocycles. The van der Waals surface area contributed by atoms with E-state index in [9.17, 15) is 24.5 Å². The van der Waals surface area contributed by atoms with Crippen molar-refractivity contribution in [1.82, 2.24) is 5.01 Å². The molecular formula is C27H20N4O5. The second-order valence-electron chi connectivity index (χ2n) is 9.16. The summed E-state index contributed by atoms with van der Waals surface area (Å²) < 4.78 is 0. The monoisotopic (exact) mass is 480 g/mol. The minimum atomic E-state index is -0.993. The van der Waals surface area contributed by atoms with Gasteiger partial charge in [-0.15, -0.1) is 0 Å². The van der Waals surface area contributed by atoms with Crippen molar-refractivity contribution in [3.8, 4) is 0 Å². The Morgan fingerprint density at radius 2 is 1.64 bits per heavy atom. The van der Waals surface area contributed by atoms with Gasteiger partial charge in [-0.3, -0.25) is 29.5 Å². The number of nitrogens with zero attached hydrogens (tertiary/aromatic N) is 4. The van der Waals surface area contributed by atoms with Crippen molar-refractivity contribution in [3.63, 3.8) is 0 Å². The van der Waals surface area contributed by atoms with E-state index in [0.717, 1.165) is 16.0 Å². The van der Waals surface area contributed by atoms with E-state index < -0.39 is 40.7 Å². The van der Waals surface area contributed by atoms with Crippen molar-refractivity contribution in [2.75, 3.05) is 4.90 Å². The summed E-state index contributed by atoms with van der Waals surface area (Å²) in [4.78, 5) is 53.5. The number of Topliss-reactive ketones (excluding diaryl/α,β-unsaturated/α-hetero) is 1. The van der Waals surface area contributed by atoms with Crippen LogP contribution in [0.15, 0.2) is 77.9 Å². The molecule has 178 valence electrons. The number of anilines is 1. The number of ketones is 1. The molecule has 9 heteroatoms. The number of hydrogen-bond donors (Lipinski definition) is 0. The number of non-ortho nitro benzene ring substituents is 1. The molecule has 4 atom stereocenters. The molecular weight excluding hydrogens is 460 g/mol. The molecule has 0 spiro atoms. The summed E-state index contributed by atoms with van der Waals surface area (Å²) in [6, 6.07) is 18.6. The Morgan fingerprint density at radius 3 is 2.39 bits per heavy atom. The van der Waals surface area contributed by atoms with Crippen molar-refractivity contribution in [2.45, 2.75) is 19.0 Å². The third-order valence-corrected chi connectivity index (χ3v) is 7.26. The number of carbonyl (C=O) groups is 3. The standard InChI is InChI=1S/C27H20N4O5/c1-15-11-12-18(31(35)36)13-20(15)29-26(33)21-22(27(29)34)24(25(32)16-7-3-2-4-8-16)30-23(21)19-10-6-5-9-17(19)14-28-30/h2-14,21-24H,1H3/t21-,22+,23+,24+/m0/s1. The number of hydrazone groups is 1. The summed E-state index contributed by atoms with van der Waals surface area (Å²) in [5, 5.41) is 17.5. The highest BCUT2D eigenvalue weighted by molar-refractivity contribution is 6.25. The zero-order valence-corrected chi connectivity index (χ0v) is 19.1. The predicted octanol–water partition coefficient (Wildman–Crippen LogP) is 3.66. The lowest BCUT2D eigenvalue weighted by molar-refractivity contribution is -0.384. The van der Waals surface area contributed by atoms with Gasteiger partial charge in [0.2, 0.25) is 11.8 Å². The number of nitro benzene ring substituents is 1. The molecule has 3 aliphatic rings. The first-order valence-corrected chi connectivity index (χ1v) is 11.5. The molecule has 0 saturated carbocycles. The molecule has 36 heavy (non-hydrogen) atoms. The number of benzene rings is 3. The van der Waals surface area contributed by atoms with E-state index in [1.807, 2.05) is 24.3 Å². The smallest absolute Gasteiger partial charge is 0.271 e. The van der Waals surface area contributed by atoms with Crippen LogP contribution < -0.4 is 4.90 Å². The summed E-state index contributed by atoms with van der Waals surface area (Å²) in [6.07, 6.45) is 1.65. The van der Waals surface area contributed by atoms with E-state index in [0.29, 0.717) is 11.1 Å². The van der Waals surface area contributed by atoms with Gasteiger partial charge in [-0.05, 0) is 23.6 Å². The van der Waals surface area contributed by atoms with Gasteiger partial charge in [0.25, 0.3) is 5.69 Å². The van der Waals surface area contributed by atoms with Crippen LogP contribution in [0.5, 0.6) is 0 Å². The number of rotatable bonds is 4. The number of aryl methyl sites for hydroxylation is 1. The number of imide groups is 1. The average Bonchev–Trinajstić information content (AvgIpc) is 3.37. The lowest BCUT2D eigenvalue weighted by Gasteiger charge is -2.34. The zero-order chi connectivity index (χ0) is 25.1. The highest BCUT2D eigenvalue weighted by Gasteiger charge is 2.65. The van der Waals surface area contributed by atoms with Gasteiger partial charge in [0.1, 0.15) is 6.04 Å². The maximum atomic E-state index is 13.9. The molecule has 3 aliphatic heterocycles. The van der Waals surface area contributed by atoms with Crippen LogP contribution in [0.3, 0.4) is 0 Å². The van der Waals surface area contributed by atoms with Gasteiger partial charge < -0.3 is 0 Å². The highest BCUT2D eigenvalue weighted by Crippen LogP contribution is 2.53. The van der Waals surface area contributed by atoms with E-state index in [4.69, 9.17) is 0 Å². The third kappa shape index (κ3) is 3.02. The molecule has 0 aliphatic carbocycles. The van der Waals surface area contributed by atoms with Crippen molar-refractivity contribution >= 4 is 35.2 Å². The largest absolute Gasteiger partial charge is 0.292 e. The molecule has 3 heterocycles. The van der Waals surface area contributed by atoms with Gasteiger partial charge in [0.05, 0.1) is 34.7 Å². The number of fused-ring (bicyclic) bond motifs is 5. The summed E-state index contributed by atoms with van der Waals surface area (Å²) in [7, 11) is 0. The Hall–Kier alpha value is -4.66. The van der Waals surface area contributed by atoms with Crippen molar-refractivity contribution in [2.24, 2.45) is 16.9 Å². The molecule has 0 bridgehead atoms. The van der Waals surface area contributed by atoms with Gasteiger partial charge >= 0.3 is 0 Å². The van der Waals surface area contributed by atoms with Crippen LogP contribution in [0, 0.1) is 28.9 Å². The second kappa shape index (κ2) is 7.94. The Labute approximate surface area is 205 Å². The lowest BCUT2D eigenvalue weighted by Crippen LogP contribution is -2.44. The summed E-state index contributed by atoms with van der Waals surface area (Å²) in [5.41, 5.74) is 2.53. The normalized spacial score (nSPS) is 23.9. The fourth-order valence-corrected chi connectivity index (χ4v) is 5.63. The lowest BCUT2D eigenvalue weighted by atomic mass is 9.83. The van der Waals surface area contributed by atoms with Crippen LogP contribution in [-0.2, 0) is 9.59 Å². The van der Waals surface area contributed by atoms with E-state index in [2.05, 4.69) is 5.10 Å². The van der Waals surface area contributed by atoms with Crippen molar-refractivity contribution in [3.05, 3.63) is 105 Å². The van der Waals surface area contributed by atoms with E-state index >= 15 is 0 Å². The fourth-order valence-electron chi connectivity index (χ4n) is 5.63. The molecule has 0 unspecified atom stereocenters. The zero-order valence-electron chi connectivity index (χ0n) is 19.1. The predicted molar refractivity (Wildman–Crippen MR) is 130 cm³/mol. The molecule has 2 amide bonds. The van der Waals surface area contributed by atoms with Gasteiger partial charge in [0, 0.05) is 17.7 Å². The number of amides is 2. The summed E-state index contributed by atoms with van der Waals surface area (Å²) >= 11 is 0. The van der Waals surface area contributed by atoms with Crippen molar-refractivity contribution in [1.29, 1.82) is 0 Å². The van der Waals surface area contributed by atoms with E-state index in [1.54, 1.807) is 48.5 Å². The first kappa shape index (κ1) is 21.8.